The number of hydrogen-bond acceptors (Lipinski definition) is 6. The van der Waals surface area contributed by atoms with Crippen LogP contribution in [0.15, 0.2) is 47.6 Å². The zero-order valence-corrected chi connectivity index (χ0v) is 14.0. The third kappa shape index (κ3) is 3.28. The number of aryl methyl sites for hydroxylation is 2. The number of non-ortho nitro benzene ring substituents is 1. The number of thioether (sulfide) groups is 1. The Morgan fingerprint density at radius 1 is 1.17 bits per heavy atom. The molecule has 1 aromatic heterocycles. The molecule has 0 fully saturated rings. The smallest absolute Gasteiger partial charge is 0.258 e. The standard InChI is InChI=1S/C16H15N5O2S/c1-11-5-3-6-12(2)15(11)20-16(17-18-19-20)24-10-13-7-4-8-14(9-13)21(22)23/h3-9H,10H2,1-2H3. The molecule has 8 heteroatoms. The molecular weight excluding hydrogens is 326 g/mol. The summed E-state index contributed by atoms with van der Waals surface area (Å²) >= 11 is 1.44. The molecule has 0 aliphatic rings. The van der Waals surface area contributed by atoms with Gasteiger partial charge in [0.2, 0.25) is 5.16 Å². The molecule has 0 atom stereocenters. The van der Waals surface area contributed by atoms with Gasteiger partial charge in [-0.25, -0.2) is 0 Å². The largest absolute Gasteiger partial charge is 0.269 e. The van der Waals surface area contributed by atoms with E-state index in [9.17, 15) is 10.1 Å². The first-order valence-electron chi connectivity index (χ1n) is 7.27. The van der Waals surface area contributed by atoms with E-state index in [-0.39, 0.29) is 5.69 Å². The van der Waals surface area contributed by atoms with Gasteiger partial charge in [-0.05, 0) is 41.0 Å². The Morgan fingerprint density at radius 3 is 2.58 bits per heavy atom. The summed E-state index contributed by atoms with van der Waals surface area (Å²) in [7, 11) is 0. The summed E-state index contributed by atoms with van der Waals surface area (Å²) in [5, 5.41) is 23.5. The van der Waals surface area contributed by atoms with Crippen LogP contribution in [0.1, 0.15) is 16.7 Å². The predicted molar refractivity (Wildman–Crippen MR) is 91.3 cm³/mol. The predicted octanol–water partition coefficient (Wildman–Crippen LogP) is 3.48. The Morgan fingerprint density at radius 2 is 1.88 bits per heavy atom. The van der Waals surface area contributed by atoms with Gasteiger partial charge in [-0.1, -0.05) is 42.1 Å². The van der Waals surface area contributed by atoms with Gasteiger partial charge in [0.25, 0.3) is 5.69 Å². The van der Waals surface area contributed by atoms with Crippen LogP contribution in [0.5, 0.6) is 0 Å². The van der Waals surface area contributed by atoms with E-state index in [0.717, 1.165) is 22.4 Å². The monoisotopic (exact) mass is 341 g/mol. The second-order valence-corrected chi connectivity index (χ2v) is 6.27. The molecule has 1 heterocycles. The molecule has 0 radical (unpaired) electrons. The fourth-order valence-electron chi connectivity index (χ4n) is 2.46. The molecule has 3 rings (SSSR count). The minimum atomic E-state index is -0.394. The first-order valence-corrected chi connectivity index (χ1v) is 8.26. The Bertz CT molecular complexity index is 873. The van der Waals surface area contributed by atoms with E-state index < -0.39 is 4.92 Å². The molecule has 24 heavy (non-hydrogen) atoms. The fourth-order valence-corrected chi connectivity index (χ4v) is 3.28. The summed E-state index contributed by atoms with van der Waals surface area (Å²) in [6.45, 7) is 4.03. The number of benzene rings is 2. The maximum Gasteiger partial charge on any atom is 0.269 e. The molecule has 0 N–H and O–H groups in total. The van der Waals surface area contributed by atoms with Crippen LogP contribution in [0.3, 0.4) is 0 Å². The zero-order chi connectivity index (χ0) is 17.1. The number of nitro benzene ring substituents is 1. The molecule has 0 amide bonds. The fraction of sp³-hybridized carbons (Fsp3) is 0.188. The normalized spacial score (nSPS) is 10.8. The molecule has 7 nitrogen and oxygen atoms in total. The Hall–Kier alpha value is -2.74. The van der Waals surface area contributed by atoms with Gasteiger partial charge in [0, 0.05) is 17.9 Å². The lowest BCUT2D eigenvalue weighted by Gasteiger charge is -2.10. The third-order valence-corrected chi connectivity index (χ3v) is 4.57. The highest BCUT2D eigenvalue weighted by Crippen LogP contribution is 2.26. The van der Waals surface area contributed by atoms with Gasteiger partial charge in [-0.2, -0.15) is 4.68 Å². The van der Waals surface area contributed by atoms with E-state index in [1.165, 1.54) is 17.8 Å². The summed E-state index contributed by atoms with van der Waals surface area (Å²) in [5.74, 6) is 0.549. The summed E-state index contributed by atoms with van der Waals surface area (Å²) in [6.07, 6.45) is 0. The van der Waals surface area contributed by atoms with Crippen LogP contribution < -0.4 is 0 Å². The first-order chi connectivity index (χ1) is 11.6. The Balaban J connectivity index is 1.84. The van der Waals surface area contributed by atoms with Crippen LogP contribution in [0, 0.1) is 24.0 Å². The molecule has 122 valence electrons. The number of nitro groups is 1. The highest BCUT2D eigenvalue weighted by molar-refractivity contribution is 7.98. The van der Waals surface area contributed by atoms with Gasteiger partial charge >= 0.3 is 0 Å². The molecule has 3 aromatic rings. The number of hydrogen-bond donors (Lipinski definition) is 0. The van der Waals surface area contributed by atoms with Crippen molar-refractivity contribution in [3.8, 4) is 5.69 Å². The van der Waals surface area contributed by atoms with Crippen molar-refractivity contribution in [2.24, 2.45) is 0 Å². The van der Waals surface area contributed by atoms with E-state index in [1.807, 2.05) is 38.1 Å². The molecule has 0 saturated heterocycles. The van der Waals surface area contributed by atoms with Crippen LogP contribution in [-0.2, 0) is 5.75 Å². The first kappa shape index (κ1) is 16.1. The van der Waals surface area contributed by atoms with Crippen LogP contribution in [0.4, 0.5) is 5.69 Å². The highest BCUT2D eigenvalue weighted by atomic mass is 32.2. The molecule has 0 bridgehead atoms. The lowest BCUT2D eigenvalue weighted by atomic mass is 10.1. The summed E-state index contributed by atoms with van der Waals surface area (Å²) < 4.78 is 1.71. The quantitative estimate of drug-likeness (QED) is 0.401. The van der Waals surface area contributed by atoms with Crippen molar-refractivity contribution >= 4 is 17.4 Å². The van der Waals surface area contributed by atoms with Gasteiger partial charge in [0.1, 0.15) is 0 Å². The molecule has 0 spiro atoms. The Labute approximate surface area is 142 Å². The SMILES string of the molecule is Cc1cccc(C)c1-n1nnnc1SCc1cccc([N+](=O)[O-])c1. The lowest BCUT2D eigenvalue weighted by molar-refractivity contribution is -0.384. The van der Waals surface area contributed by atoms with Gasteiger partial charge in [-0.3, -0.25) is 10.1 Å². The molecule has 2 aromatic carbocycles. The van der Waals surface area contributed by atoms with Crippen LogP contribution in [-0.4, -0.2) is 25.1 Å². The number of tetrazole rings is 1. The van der Waals surface area contributed by atoms with Crippen molar-refractivity contribution in [1.29, 1.82) is 0 Å². The molecule has 0 saturated carbocycles. The maximum atomic E-state index is 10.9. The topological polar surface area (TPSA) is 86.7 Å². The third-order valence-electron chi connectivity index (χ3n) is 3.58. The van der Waals surface area contributed by atoms with E-state index in [4.69, 9.17) is 0 Å². The summed E-state index contributed by atoms with van der Waals surface area (Å²) in [4.78, 5) is 10.5. The number of para-hydroxylation sites is 1. The van der Waals surface area contributed by atoms with Crippen molar-refractivity contribution < 1.29 is 4.92 Å². The van der Waals surface area contributed by atoms with Crippen molar-refractivity contribution in [3.63, 3.8) is 0 Å². The minimum Gasteiger partial charge on any atom is -0.258 e. The van der Waals surface area contributed by atoms with Crippen LogP contribution in [0.25, 0.3) is 5.69 Å². The molecule has 0 aliphatic heterocycles. The van der Waals surface area contributed by atoms with Crippen molar-refractivity contribution in [1.82, 2.24) is 20.2 Å². The van der Waals surface area contributed by atoms with E-state index in [2.05, 4.69) is 15.5 Å². The second kappa shape index (κ2) is 6.79. The van der Waals surface area contributed by atoms with Gasteiger partial charge in [-0.15, -0.1) is 5.10 Å². The molecule has 0 unspecified atom stereocenters. The number of nitrogens with zero attached hydrogens (tertiary/aromatic N) is 5. The van der Waals surface area contributed by atoms with Gasteiger partial charge < -0.3 is 0 Å². The van der Waals surface area contributed by atoms with Crippen molar-refractivity contribution in [3.05, 3.63) is 69.3 Å². The van der Waals surface area contributed by atoms with Crippen molar-refractivity contribution in [2.75, 3.05) is 0 Å². The maximum absolute atomic E-state index is 10.9. The Kier molecular flexibility index (Phi) is 4.57. The zero-order valence-electron chi connectivity index (χ0n) is 13.2. The lowest BCUT2D eigenvalue weighted by Crippen LogP contribution is -2.04. The van der Waals surface area contributed by atoms with Crippen LogP contribution in [0.2, 0.25) is 0 Å². The van der Waals surface area contributed by atoms with Gasteiger partial charge in [0.15, 0.2) is 0 Å². The molecular formula is C16H15N5O2S. The average Bonchev–Trinajstić information content (AvgIpc) is 3.01. The number of aromatic nitrogens is 4. The average molecular weight is 341 g/mol. The molecule has 0 aliphatic carbocycles. The number of rotatable bonds is 5. The minimum absolute atomic E-state index is 0.0856. The summed E-state index contributed by atoms with van der Waals surface area (Å²) in [6, 6.07) is 12.6. The van der Waals surface area contributed by atoms with E-state index >= 15 is 0 Å². The van der Waals surface area contributed by atoms with E-state index in [0.29, 0.717) is 10.9 Å². The summed E-state index contributed by atoms with van der Waals surface area (Å²) in [5.41, 5.74) is 4.07. The van der Waals surface area contributed by atoms with Crippen LogP contribution >= 0.6 is 11.8 Å². The van der Waals surface area contributed by atoms with E-state index in [1.54, 1.807) is 16.8 Å². The van der Waals surface area contributed by atoms with Crippen molar-refractivity contribution in [2.45, 2.75) is 24.8 Å². The van der Waals surface area contributed by atoms with Gasteiger partial charge in [0.05, 0.1) is 10.6 Å². The highest BCUT2D eigenvalue weighted by Gasteiger charge is 2.14. The second-order valence-electron chi connectivity index (χ2n) is 5.33.